The Morgan fingerprint density at radius 2 is 2.22 bits per heavy atom. The second-order valence-corrected chi connectivity index (χ2v) is 5.80. The number of nitrogens with one attached hydrogen (secondary N) is 1. The maximum Gasteiger partial charge on any atom is 0.144 e. The molecule has 2 heterocycles. The molecular weight excluding hydrogens is 292 g/mol. The van der Waals surface area contributed by atoms with Gasteiger partial charge in [-0.3, -0.25) is 0 Å². The fourth-order valence-electron chi connectivity index (χ4n) is 2.45. The summed E-state index contributed by atoms with van der Waals surface area (Å²) in [6.07, 6.45) is 6.14. The van der Waals surface area contributed by atoms with Crippen molar-refractivity contribution in [1.29, 1.82) is 0 Å². The first-order valence-corrected chi connectivity index (χ1v) is 7.44. The summed E-state index contributed by atoms with van der Waals surface area (Å²) in [6, 6.07) is 0.765. The van der Waals surface area contributed by atoms with E-state index in [4.69, 9.17) is 0 Å². The summed E-state index contributed by atoms with van der Waals surface area (Å²) in [5.74, 6) is 0.867. The zero-order valence-corrected chi connectivity index (χ0v) is 12.7. The summed E-state index contributed by atoms with van der Waals surface area (Å²) in [5.41, 5.74) is 0. The van der Waals surface area contributed by atoms with Crippen LogP contribution in [0.3, 0.4) is 0 Å². The van der Waals surface area contributed by atoms with E-state index in [0.29, 0.717) is 6.04 Å². The molecule has 1 saturated heterocycles. The molecular formula is C13H21BrN4. The van der Waals surface area contributed by atoms with Gasteiger partial charge < -0.3 is 10.2 Å². The van der Waals surface area contributed by atoms with E-state index in [9.17, 15) is 0 Å². The van der Waals surface area contributed by atoms with Crippen molar-refractivity contribution < 1.29 is 0 Å². The number of hydrogen-bond donors (Lipinski definition) is 1. The zero-order valence-electron chi connectivity index (χ0n) is 11.1. The highest BCUT2D eigenvalue weighted by Gasteiger charge is 2.21. The molecule has 1 aromatic rings. The lowest BCUT2D eigenvalue weighted by Crippen LogP contribution is -2.46. The molecule has 0 aliphatic carbocycles. The predicted octanol–water partition coefficient (Wildman–Crippen LogP) is 2.37. The molecule has 5 heteroatoms. The van der Waals surface area contributed by atoms with E-state index in [2.05, 4.69) is 50.0 Å². The number of rotatable bonds is 4. The zero-order chi connectivity index (χ0) is 13.0. The van der Waals surface area contributed by atoms with Crippen LogP contribution >= 0.6 is 15.9 Å². The third kappa shape index (κ3) is 3.73. The molecule has 0 bridgehead atoms. The first-order chi connectivity index (χ1) is 8.69. The summed E-state index contributed by atoms with van der Waals surface area (Å²) in [4.78, 5) is 11.2. The number of halogens is 1. The van der Waals surface area contributed by atoms with E-state index in [0.717, 1.165) is 23.4 Å². The third-order valence-electron chi connectivity index (χ3n) is 3.47. The van der Waals surface area contributed by atoms with Gasteiger partial charge in [0.2, 0.25) is 0 Å². The standard InChI is InChI=1S/C13H21BrN4/c1-3-18-6-4-5-12(9-18)17-10(2)13-15-7-11(14)8-16-13/h7-8,10,12,17H,3-6,9H2,1-2H3. The topological polar surface area (TPSA) is 41.0 Å². The maximum absolute atomic E-state index is 4.35. The molecule has 18 heavy (non-hydrogen) atoms. The normalized spacial score (nSPS) is 22.9. The van der Waals surface area contributed by atoms with Crippen LogP contribution in [0.2, 0.25) is 0 Å². The van der Waals surface area contributed by atoms with Crippen LogP contribution in [0.25, 0.3) is 0 Å². The Hall–Kier alpha value is -0.520. The minimum Gasteiger partial charge on any atom is -0.303 e. The van der Waals surface area contributed by atoms with Crippen molar-refractivity contribution in [2.24, 2.45) is 0 Å². The largest absolute Gasteiger partial charge is 0.303 e. The van der Waals surface area contributed by atoms with Gasteiger partial charge in [-0.15, -0.1) is 0 Å². The Morgan fingerprint density at radius 3 is 2.89 bits per heavy atom. The smallest absolute Gasteiger partial charge is 0.144 e. The van der Waals surface area contributed by atoms with Crippen LogP contribution in [0.4, 0.5) is 0 Å². The lowest BCUT2D eigenvalue weighted by atomic mass is 10.0. The highest BCUT2D eigenvalue weighted by Crippen LogP contribution is 2.15. The molecule has 1 N–H and O–H groups in total. The van der Waals surface area contributed by atoms with Crippen molar-refractivity contribution in [1.82, 2.24) is 20.2 Å². The van der Waals surface area contributed by atoms with Crippen molar-refractivity contribution in [2.45, 2.75) is 38.8 Å². The highest BCUT2D eigenvalue weighted by molar-refractivity contribution is 9.10. The average molecular weight is 313 g/mol. The van der Waals surface area contributed by atoms with Gasteiger partial charge in [0.25, 0.3) is 0 Å². The fourth-order valence-corrected chi connectivity index (χ4v) is 2.66. The minimum atomic E-state index is 0.208. The van der Waals surface area contributed by atoms with Crippen molar-refractivity contribution in [3.8, 4) is 0 Å². The molecule has 0 spiro atoms. The molecule has 1 aliphatic rings. The monoisotopic (exact) mass is 312 g/mol. The van der Waals surface area contributed by atoms with Crippen LogP contribution in [-0.2, 0) is 0 Å². The molecule has 1 fully saturated rings. The van der Waals surface area contributed by atoms with E-state index in [1.807, 2.05) is 0 Å². The Labute approximate surface area is 117 Å². The van der Waals surface area contributed by atoms with Gasteiger partial charge in [-0.25, -0.2) is 9.97 Å². The number of piperidine rings is 1. The van der Waals surface area contributed by atoms with Gasteiger partial charge >= 0.3 is 0 Å². The molecule has 100 valence electrons. The molecule has 4 nitrogen and oxygen atoms in total. The summed E-state index contributed by atoms with van der Waals surface area (Å²) in [6.45, 7) is 7.87. The summed E-state index contributed by atoms with van der Waals surface area (Å²) in [5, 5.41) is 3.64. The summed E-state index contributed by atoms with van der Waals surface area (Å²) >= 11 is 3.36. The Morgan fingerprint density at radius 1 is 1.50 bits per heavy atom. The predicted molar refractivity (Wildman–Crippen MR) is 76.4 cm³/mol. The number of likely N-dealkylation sites (tertiary alicyclic amines) is 1. The second-order valence-electron chi connectivity index (χ2n) is 4.88. The number of nitrogens with zero attached hydrogens (tertiary/aromatic N) is 3. The highest BCUT2D eigenvalue weighted by atomic mass is 79.9. The SMILES string of the molecule is CCN1CCCC(NC(C)c2ncc(Br)cn2)C1. The molecule has 0 aromatic carbocycles. The molecule has 1 aromatic heterocycles. The Balaban J connectivity index is 1.90. The van der Waals surface area contributed by atoms with Crippen LogP contribution in [0.1, 0.15) is 38.6 Å². The van der Waals surface area contributed by atoms with Crippen LogP contribution in [0.15, 0.2) is 16.9 Å². The number of hydrogen-bond acceptors (Lipinski definition) is 4. The van der Waals surface area contributed by atoms with Crippen molar-refractivity contribution >= 4 is 15.9 Å². The fraction of sp³-hybridized carbons (Fsp3) is 0.692. The van der Waals surface area contributed by atoms with Crippen LogP contribution in [0.5, 0.6) is 0 Å². The molecule has 0 radical (unpaired) electrons. The van der Waals surface area contributed by atoms with Gasteiger partial charge in [0, 0.05) is 25.0 Å². The Bertz CT molecular complexity index is 368. The van der Waals surface area contributed by atoms with Gasteiger partial charge in [0.15, 0.2) is 0 Å². The van der Waals surface area contributed by atoms with E-state index in [1.54, 1.807) is 12.4 Å². The van der Waals surface area contributed by atoms with Crippen LogP contribution < -0.4 is 5.32 Å². The van der Waals surface area contributed by atoms with Crippen LogP contribution in [0, 0.1) is 0 Å². The molecule has 2 unspecified atom stereocenters. The van der Waals surface area contributed by atoms with E-state index < -0.39 is 0 Å². The average Bonchev–Trinajstić information content (AvgIpc) is 2.39. The third-order valence-corrected chi connectivity index (χ3v) is 3.88. The molecule has 0 amide bonds. The van der Waals surface area contributed by atoms with Gasteiger partial charge in [-0.1, -0.05) is 6.92 Å². The molecule has 0 saturated carbocycles. The van der Waals surface area contributed by atoms with E-state index in [-0.39, 0.29) is 6.04 Å². The van der Waals surface area contributed by atoms with E-state index in [1.165, 1.54) is 19.4 Å². The van der Waals surface area contributed by atoms with Crippen molar-refractivity contribution in [3.05, 3.63) is 22.7 Å². The van der Waals surface area contributed by atoms with Gasteiger partial charge in [-0.05, 0) is 48.8 Å². The van der Waals surface area contributed by atoms with Crippen molar-refractivity contribution in [2.75, 3.05) is 19.6 Å². The second kappa shape index (κ2) is 6.59. The van der Waals surface area contributed by atoms with Crippen molar-refractivity contribution in [3.63, 3.8) is 0 Å². The molecule has 2 rings (SSSR count). The van der Waals surface area contributed by atoms with Gasteiger partial charge in [0.1, 0.15) is 5.82 Å². The number of likely N-dealkylation sites (N-methyl/N-ethyl adjacent to an activating group) is 1. The molecule has 1 aliphatic heterocycles. The Kier molecular flexibility index (Phi) is 5.09. The quantitative estimate of drug-likeness (QED) is 0.926. The lowest BCUT2D eigenvalue weighted by Gasteiger charge is -2.33. The lowest BCUT2D eigenvalue weighted by molar-refractivity contribution is 0.191. The molecule has 2 atom stereocenters. The first kappa shape index (κ1) is 13.9. The number of aromatic nitrogens is 2. The van der Waals surface area contributed by atoms with Gasteiger partial charge in [0.05, 0.1) is 10.5 Å². The minimum absolute atomic E-state index is 0.208. The van der Waals surface area contributed by atoms with E-state index >= 15 is 0 Å². The van der Waals surface area contributed by atoms with Crippen LogP contribution in [-0.4, -0.2) is 40.5 Å². The summed E-state index contributed by atoms with van der Waals surface area (Å²) in [7, 11) is 0. The maximum atomic E-state index is 4.35. The van der Waals surface area contributed by atoms with Gasteiger partial charge in [-0.2, -0.15) is 0 Å². The first-order valence-electron chi connectivity index (χ1n) is 6.65. The summed E-state index contributed by atoms with van der Waals surface area (Å²) < 4.78 is 0.924.